The molecule has 1 aromatic carbocycles. The second-order valence-electron chi connectivity index (χ2n) is 4.81. The van der Waals surface area contributed by atoms with Crippen LogP contribution in [0.4, 0.5) is 5.69 Å². The van der Waals surface area contributed by atoms with E-state index in [1.165, 1.54) is 24.8 Å². The van der Waals surface area contributed by atoms with Crippen molar-refractivity contribution in [2.45, 2.75) is 32.7 Å². The van der Waals surface area contributed by atoms with Gasteiger partial charge in [0.15, 0.2) is 0 Å². The number of nitrogens with two attached hydrogens (primary N) is 1. The second kappa shape index (κ2) is 3.51. The summed E-state index contributed by atoms with van der Waals surface area (Å²) in [5.74, 6) is 1.96. The minimum absolute atomic E-state index is 0.792. The average molecular weight is 215 g/mol. The van der Waals surface area contributed by atoms with Crippen LogP contribution in [0.2, 0.25) is 0 Å². The fourth-order valence-corrected chi connectivity index (χ4v) is 2.43. The van der Waals surface area contributed by atoms with Gasteiger partial charge in [-0.25, -0.2) is 4.98 Å². The Labute approximate surface area is 95.3 Å². The fraction of sp³-hybridized carbons (Fsp3) is 0.462. The molecule has 0 aliphatic heterocycles. The van der Waals surface area contributed by atoms with Crippen LogP contribution in [0.3, 0.4) is 0 Å². The third-order valence-electron chi connectivity index (χ3n) is 3.63. The van der Waals surface area contributed by atoms with E-state index in [0.29, 0.717) is 0 Å². The van der Waals surface area contributed by atoms with Crippen LogP contribution in [0.5, 0.6) is 0 Å². The Hall–Kier alpha value is -1.51. The predicted octanol–water partition coefficient (Wildman–Crippen LogP) is 2.73. The Bertz CT molecular complexity index is 523. The molecule has 16 heavy (non-hydrogen) atoms. The number of nitrogens with zero attached hydrogens (tertiary/aromatic N) is 2. The van der Waals surface area contributed by atoms with E-state index in [-0.39, 0.29) is 0 Å². The molecule has 0 bridgehead atoms. The van der Waals surface area contributed by atoms with Crippen molar-refractivity contribution in [3.63, 3.8) is 0 Å². The molecule has 0 unspecified atom stereocenters. The molecule has 2 aromatic rings. The number of fused-ring (bicyclic) bond motifs is 1. The van der Waals surface area contributed by atoms with Gasteiger partial charge in [-0.15, -0.1) is 0 Å². The molecule has 1 saturated carbocycles. The molecule has 3 rings (SSSR count). The van der Waals surface area contributed by atoms with Gasteiger partial charge in [-0.2, -0.15) is 0 Å². The van der Waals surface area contributed by atoms with Gasteiger partial charge in [0.25, 0.3) is 0 Å². The van der Waals surface area contributed by atoms with Crippen molar-refractivity contribution in [3.05, 3.63) is 24.0 Å². The van der Waals surface area contributed by atoms with Crippen LogP contribution < -0.4 is 5.73 Å². The molecule has 1 fully saturated rings. The van der Waals surface area contributed by atoms with Crippen LogP contribution >= 0.6 is 0 Å². The summed E-state index contributed by atoms with van der Waals surface area (Å²) in [5.41, 5.74) is 8.81. The van der Waals surface area contributed by atoms with Crippen molar-refractivity contribution in [1.82, 2.24) is 9.55 Å². The van der Waals surface area contributed by atoms with Gasteiger partial charge < -0.3 is 10.3 Å². The van der Waals surface area contributed by atoms with Crippen LogP contribution in [0.25, 0.3) is 11.0 Å². The van der Waals surface area contributed by atoms with Gasteiger partial charge in [0.2, 0.25) is 0 Å². The molecule has 1 aliphatic carbocycles. The van der Waals surface area contributed by atoms with Crippen molar-refractivity contribution >= 4 is 16.7 Å². The van der Waals surface area contributed by atoms with Crippen LogP contribution in [0.1, 0.15) is 25.1 Å². The molecule has 0 saturated heterocycles. The molecule has 0 amide bonds. The molecular weight excluding hydrogens is 198 g/mol. The minimum atomic E-state index is 0.792. The lowest BCUT2D eigenvalue weighted by atomic mass is 9.85. The van der Waals surface area contributed by atoms with Crippen molar-refractivity contribution in [1.29, 1.82) is 0 Å². The largest absolute Gasteiger partial charge is 0.399 e. The third kappa shape index (κ3) is 1.47. The number of aryl methyl sites for hydroxylation is 1. The lowest BCUT2D eigenvalue weighted by molar-refractivity contribution is 0.277. The third-order valence-corrected chi connectivity index (χ3v) is 3.63. The molecule has 3 nitrogen and oxygen atoms in total. The SMILES string of the molecule is Cc1nc2cc(N)ccc2n1CC1CCC1. The van der Waals surface area contributed by atoms with Crippen LogP contribution in [0.15, 0.2) is 18.2 Å². The number of benzene rings is 1. The molecule has 1 aliphatic rings. The first kappa shape index (κ1) is 9.70. The topological polar surface area (TPSA) is 43.8 Å². The van der Waals surface area contributed by atoms with Crippen molar-refractivity contribution in [2.24, 2.45) is 5.92 Å². The van der Waals surface area contributed by atoms with E-state index in [2.05, 4.69) is 22.5 Å². The first-order valence-corrected chi connectivity index (χ1v) is 5.96. The molecule has 84 valence electrons. The highest BCUT2D eigenvalue weighted by Gasteiger charge is 2.19. The number of nitrogen functional groups attached to an aromatic ring is 1. The van der Waals surface area contributed by atoms with E-state index < -0.39 is 0 Å². The summed E-state index contributed by atoms with van der Waals surface area (Å²) in [6, 6.07) is 6.00. The van der Waals surface area contributed by atoms with Gasteiger partial charge >= 0.3 is 0 Å². The van der Waals surface area contributed by atoms with Gasteiger partial charge in [0, 0.05) is 12.2 Å². The predicted molar refractivity (Wildman–Crippen MR) is 66.2 cm³/mol. The lowest BCUT2D eigenvalue weighted by Crippen LogP contribution is -2.18. The standard InChI is InChI=1S/C13H17N3/c1-9-15-12-7-11(14)5-6-13(12)16(9)8-10-3-2-4-10/h5-7,10H,2-4,8,14H2,1H3. The van der Waals surface area contributed by atoms with Gasteiger partial charge in [-0.1, -0.05) is 6.42 Å². The summed E-state index contributed by atoms with van der Waals surface area (Å²) in [7, 11) is 0. The Kier molecular flexibility index (Phi) is 2.13. The normalized spacial score (nSPS) is 16.6. The van der Waals surface area contributed by atoms with Gasteiger partial charge in [-0.05, 0) is 43.9 Å². The van der Waals surface area contributed by atoms with E-state index >= 15 is 0 Å². The van der Waals surface area contributed by atoms with E-state index in [9.17, 15) is 0 Å². The van der Waals surface area contributed by atoms with E-state index in [1.54, 1.807) is 0 Å². The molecule has 3 heteroatoms. The second-order valence-corrected chi connectivity index (χ2v) is 4.81. The molecule has 0 spiro atoms. The number of hydrogen-bond acceptors (Lipinski definition) is 2. The zero-order chi connectivity index (χ0) is 11.1. The van der Waals surface area contributed by atoms with Gasteiger partial charge in [-0.3, -0.25) is 0 Å². The Morgan fingerprint density at radius 3 is 2.94 bits per heavy atom. The molecule has 1 heterocycles. The zero-order valence-corrected chi connectivity index (χ0v) is 9.61. The van der Waals surface area contributed by atoms with Gasteiger partial charge in [0.05, 0.1) is 11.0 Å². The number of hydrogen-bond donors (Lipinski definition) is 1. The van der Waals surface area contributed by atoms with Crippen molar-refractivity contribution < 1.29 is 0 Å². The maximum absolute atomic E-state index is 5.77. The molecule has 2 N–H and O–H groups in total. The summed E-state index contributed by atoms with van der Waals surface area (Å²) in [5, 5.41) is 0. The lowest BCUT2D eigenvalue weighted by Gasteiger charge is -2.26. The van der Waals surface area contributed by atoms with Crippen molar-refractivity contribution in [2.75, 3.05) is 5.73 Å². The fourth-order valence-electron chi connectivity index (χ4n) is 2.43. The maximum Gasteiger partial charge on any atom is 0.106 e. The molecule has 1 aromatic heterocycles. The Morgan fingerprint density at radius 1 is 1.44 bits per heavy atom. The highest BCUT2D eigenvalue weighted by atomic mass is 15.1. The quantitative estimate of drug-likeness (QED) is 0.783. The Balaban J connectivity index is 2.04. The monoisotopic (exact) mass is 215 g/mol. The highest BCUT2D eigenvalue weighted by molar-refractivity contribution is 5.79. The first-order valence-electron chi connectivity index (χ1n) is 5.96. The maximum atomic E-state index is 5.77. The molecule has 0 radical (unpaired) electrons. The first-order chi connectivity index (χ1) is 7.74. The summed E-state index contributed by atoms with van der Waals surface area (Å²) in [4.78, 5) is 4.57. The number of rotatable bonds is 2. The molecular formula is C13H17N3. The summed E-state index contributed by atoms with van der Waals surface area (Å²) in [6.45, 7) is 3.20. The highest BCUT2D eigenvalue weighted by Crippen LogP contribution is 2.30. The van der Waals surface area contributed by atoms with E-state index in [1.807, 2.05) is 12.1 Å². The minimum Gasteiger partial charge on any atom is -0.399 e. The Morgan fingerprint density at radius 2 is 2.25 bits per heavy atom. The van der Waals surface area contributed by atoms with Crippen LogP contribution in [0, 0.1) is 12.8 Å². The summed E-state index contributed by atoms with van der Waals surface area (Å²) < 4.78 is 2.33. The van der Waals surface area contributed by atoms with Crippen LogP contribution in [-0.4, -0.2) is 9.55 Å². The number of imidazole rings is 1. The van der Waals surface area contributed by atoms with E-state index in [4.69, 9.17) is 5.73 Å². The van der Waals surface area contributed by atoms with E-state index in [0.717, 1.165) is 29.5 Å². The smallest absolute Gasteiger partial charge is 0.106 e. The number of aromatic nitrogens is 2. The van der Waals surface area contributed by atoms with Crippen LogP contribution in [-0.2, 0) is 6.54 Å². The van der Waals surface area contributed by atoms with Gasteiger partial charge in [0.1, 0.15) is 5.82 Å². The zero-order valence-electron chi connectivity index (χ0n) is 9.61. The molecule has 0 atom stereocenters. The summed E-state index contributed by atoms with van der Waals surface area (Å²) >= 11 is 0. The number of anilines is 1. The average Bonchev–Trinajstić information content (AvgIpc) is 2.47. The van der Waals surface area contributed by atoms with Crippen molar-refractivity contribution in [3.8, 4) is 0 Å². The summed E-state index contributed by atoms with van der Waals surface area (Å²) in [6.07, 6.45) is 4.13.